The molecule has 2 aliphatic heterocycles. The molecule has 2 aromatic rings. The van der Waals surface area contributed by atoms with E-state index in [2.05, 4.69) is 51.2 Å². The first-order chi connectivity index (χ1) is 13.2. The molecule has 1 aromatic heterocycles. The molecule has 8 nitrogen and oxygen atoms in total. The summed E-state index contributed by atoms with van der Waals surface area (Å²) in [6, 6.07) is 5.19. The molecule has 9 heteroatoms. The van der Waals surface area contributed by atoms with Crippen molar-refractivity contribution in [1.29, 1.82) is 0 Å². The molecule has 2 fully saturated rings. The third-order valence-electron chi connectivity index (χ3n) is 4.74. The molecule has 0 amide bonds. The van der Waals surface area contributed by atoms with Gasteiger partial charge in [-0.25, -0.2) is 5.43 Å². The number of aromatic nitrogens is 3. The maximum Gasteiger partial charge on any atom is 0.250 e. The molecule has 0 radical (unpaired) electrons. The average Bonchev–Trinajstić information content (AvgIpc) is 3.38. The van der Waals surface area contributed by atoms with Crippen LogP contribution < -0.4 is 15.2 Å². The highest BCUT2D eigenvalue weighted by Gasteiger charge is 2.21. The van der Waals surface area contributed by atoms with Gasteiger partial charge in [-0.1, -0.05) is 0 Å². The normalized spacial score (nSPS) is 17.2. The molecule has 142 valence electrons. The van der Waals surface area contributed by atoms with E-state index in [1.165, 1.54) is 25.7 Å². The third-order valence-corrected chi connectivity index (χ3v) is 5.37. The number of rotatable bonds is 5. The fraction of sp³-hybridized carbons (Fsp3) is 0.444. The molecule has 4 rings (SSSR count). The van der Waals surface area contributed by atoms with Gasteiger partial charge in [0.2, 0.25) is 17.8 Å². The summed E-state index contributed by atoms with van der Waals surface area (Å²) in [5, 5.41) is 13.8. The summed E-state index contributed by atoms with van der Waals surface area (Å²) in [4.78, 5) is 18.2. The number of nitrogens with one attached hydrogen (secondary N) is 1. The van der Waals surface area contributed by atoms with Gasteiger partial charge in [0.05, 0.1) is 10.7 Å². The highest BCUT2D eigenvalue weighted by Crippen LogP contribution is 2.24. The summed E-state index contributed by atoms with van der Waals surface area (Å²) in [5.41, 5.74) is 3.78. The van der Waals surface area contributed by atoms with E-state index in [1.807, 2.05) is 0 Å². The van der Waals surface area contributed by atoms with Crippen molar-refractivity contribution in [2.24, 2.45) is 5.10 Å². The van der Waals surface area contributed by atoms with Crippen LogP contribution in [0.15, 0.2) is 27.8 Å². The minimum atomic E-state index is 0.197. The first-order valence-electron chi connectivity index (χ1n) is 9.22. The van der Waals surface area contributed by atoms with E-state index in [-0.39, 0.29) is 5.75 Å². The van der Waals surface area contributed by atoms with Gasteiger partial charge in [0.1, 0.15) is 5.75 Å². The number of hydrazone groups is 1. The van der Waals surface area contributed by atoms with E-state index in [9.17, 15) is 5.11 Å². The topological polar surface area (TPSA) is 89.8 Å². The zero-order valence-electron chi connectivity index (χ0n) is 15.0. The number of phenolic OH excluding ortho intramolecular Hbond substituents is 1. The second-order valence-corrected chi connectivity index (χ2v) is 7.58. The number of hydrogen-bond acceptors (Lipinski definition) is 8. The quantitative estimate of drug-likeness (QED) is 0.555. The Morgan fingerprint density at radius 1 is 0.963 bits per heavy atom. The first kappa shape index (κ1) is 18.0. The summed E-state index contributed by atoms with van der Waals surface area (Å²) in [5.74, 6) is 2.08. The number of phenols is 1. The minimum Gasteiger partial charge on any atom is -0.507 e. The molecule has 2 aliphatic rings. The Bertz CT molecular complexity index is 798. The fourth-order valence-electron chi connectivity index (χ4n) is 3.29. The lowest BCUT2D eigenvalue weighted by Crippen LogP contribution is -2.25. The molecule has 0 atom stereocenters. The molecule has 0 unspecified atom stereocenters. The van der Waals surface area contributed by atoms with Crippen LogP contribution in [0.4, 0.5) is 17.8 Å². The molecule has 2 saturated heterocycles. The Balaban J connectivity index is 1.54. The molecule has 27 heavy (non-hydrogen) atoms. The fourth-order valence-corrected chi connectivity index (χ4v) is 3.69. The third kappa shape index (κ3) is 4.29. The van der Waals surface area contributed by atoms with Crippen LogP contribution >= 0.6 is 15.9 Å². The van der Waals surface area contributed by atoms with Gasteiger partial charge in [-0.05, 0) is 65.4 Å². The van der Waals surface area contributed by atoms with E-state index in [1.54, 1.807) is 24.4 Å². The molecule has 0 bridgehead atoms. The van der Waals surface area contributed by atoms with Crippen LogP contribution in [-0.4, -0.2) is 52.5 Å². The largest absolute Gasteiger partial charge is 0.507 e. The zero-order chi connectivity index (χ0) is 18.6. The number of hydrogen-bond donors (Lipinski definition) is 2. The summed E-state index contributed by atoms with van der Waals surface area (Å²) in [6.45, 7) is 3.92. The van der Waals surface area contributed by atoms with Crippen LogP contribution in [0.5, 0.6) is 5.75 Å². The number of anilines is 3. The number of aromatic hydroxyl groups is 1. The van der Waals surface area contributed by atoms with Crippen LogP contribution in [0.3, 0.4) is 0 Å². The lowest BCUT2D eigenvalue weighted by molar-refractivity contribution is 0.472. The predicted molar refractivity (Wildman–Crippen MR) is 110 cm³/mol. The Morgan fingerprint density at radius 3 is 2.11 bits per heavy atom. The molecular weight excluding hydrogens is 410 g/mol. The number of benzene rings is 1. The summed E-state index contributed by atoms with van der Waals surface area (Å²) in [7, 11) is 0. The zero-order valence-corrected chi connectivity index (χ0v) is 16.6. The molecule has 1 aromatic carbocycles. The summed E-state index contributed by atoms with van der Waals surface area (Å²) in [6.07, 6.45) is 6.34. The van der Waals surface area contributed by atoms with Gasteiger partial charge in [-0.15, -0.1) is 0 Å². The lowest BCUT2D eigenvalue weighted by atomic mass is 10.2. The highest BCUT2D eigenvalue weighted by molar-refractivity contribution is 9.10. The molecule has 3 heterocycles. The Labute approximate surface area is 166 Å². The molecule has 0 saturated carbocycles. The van der Waals surface area contributed by atoms with E-state index in [0.717, 1.165) is 43.6 Å². The van der Waals surface area contributed by atoms with Crippen molar-refractivity contribution in [2.75, 3.05) is 41.4 Å². The second kappa shape index (κ2) is 8.08. The minimum absolute atomic E-state index is 0.197. The summed E-state index contributed by atoms with van der Waals surface area (Å²) >= 11 is 3.30. The maximum absolute atomic E-state index is 9.57. The van der Waals surface area contributed by atoms with E-state index in [0.29, 0.717) is 10.4 Å². The second-order valence-electron chi connectivity index (χ2n) is 6.73. The van der Waals surface area contributed by atoms with Crippen LogP contribution in [0.1, 0.15) is 31.2 Å². The standard InChI is InChI=1S/C18H22BrN7O/c19-14-11-13(5-6-15(14)27)12-20-24-16-21-17(25-7-1-2-8-25)23-18(22-16)26-9-3-4-10-26/h5-6,11-12,27H,1-4,7-10H2,(H,21,22,23,24). The number of nitrogens with zero attached hydrogens (tertiary/aromatic N) is 6. The molecule has 0 aliphatic carbocycles. The molecule has 2 N–H and O–H groups in total. The van der Waals surface area contributed by atoms with Crippen molar-refractivity contribution in [1.82, 2.24) is 15.0 Å². The van der Waals surface area contributed by atoms with E-state index >= 15 is 0 Å². The van der Waals surface area contributed by atoms with Crippen molar-refractivity contribution < 1.29 is 5.11 Å². The van der Waals surface area contributed by atoms with E-state index in [4.69, 9.17) is 0 Å². The smallest absolute Gasteiger partial charge is 0.250 e. The van der Waals surface area contributed by atoms with Gasteiger partial charge in [0, 0.05) is 26.2 Å². The van der Waals surface area contributed by atoms with Crippen molar-refractivity contribution in [3.05, 3.63) is 28.2 Å². The monoisotopic (exact) mass is 431 g/mol. The van der Waals surface area contributed by atoms with Crippen LogP contribution in [0, 0.1) is 0 Å². The van der Waals surface area contributed by atoms with Gasteiger partial charge in [-0.3, -0.25) is 0 Å². The predicted octanol–water partition coefficient (Wildman–Crippen LogP) is 2.99. The summed E-state index contributed by atoms with van der Waals surface area (Å²) < 4.78 is 0.624. The van der Waals surface area contributed by atoms with Crippen molar-refractivity contribution in [3.63, 3.8) is 0 Å². The van der Waals surface area contributed by atoms with Crippen molar-refractivity contribution in [3.8, 4) is 5.75 Å². The van der Waals surface area contributed by atoms with Gasteiger partial charge in [0.15, 0.2) is 0 Å². The Morgan fingerprint density at radius 2 is 1.56 bits per heavy atom. The van der Waals surface area contributed by atoms with Gasteiger partial charge in [-0.2, -0.15) is 20.1 Å². The van der Waals surface area contributed by atoms with Crippen LogP contribution in [0.2, 0.25) is 0 Å². The van der Waals surface area contributed by atoms with Crippen molar-refractivity contribution in [2.45, 2.75) is 25.7 Å². The van der Waals surface area contributed by atoms with Gasteiger partial charge >= 0.3 is 0 Å². The Kier molecular flexibility index (Phi) is 5.38. The van der Waals surface area contributed by atoms with Crippen molar-refractivity contribution >= 4 is 40.0 Å². The lowest BCUT2D eigenvalue weighted by Gasteiger charge is -2.20. The first-order valence-corrected chi connectivity index (χ1v) is 10.0. The highest BCUT2D eigenvalue weighted by atomic mass is 79.9. The average molecular weight is 432 g/mol. The Hall–Kier alpha value is -2.42. The maximum atomic E-state index is 9.57. The number of halogens is 1. The van der Waals surface area contributed by atoms with E-state index < -0.39 is 0 Å². The SMILES string of the molecule is Oc1ccc(C=NNc2nc(N3CCCC3)nc(N3CCCC3)n2)cc1Br. The van der Waals surface area contributed by atoms with Gasteiger partial charge < -0.3 is 14.9 Å². The van der Waals surface area contributed by atoms with Crippen LogP contribution in [0.25, 0.3) is 0 Å². The van der Waals surface area contributed by atoms with Crippen LogP contribution in [-0.2, 0) is 0 Å². The molecule has 0 spiro atoms. The van der Waals surface area contributed by atoms with Gasteiger partial charge in [0.25, 0.3) is 0 Å². The molecular formula is C18H22BrN7O.